The molecular formula is C12H5Cl5F9. The maximum atomic E-state index is 14.7. The van der Waals surface area contributed by atoms with Gasteiger partial charge >= 0.3 is 23.9 Å². The second kappa shape index (κ2) is 7.28. The molecule has 0 heterocycles. The van der Waals surface area contributed by atoms with Gasteiger partial charge in [-0.1, -0.05) is 52.5 Å². The number of hydrogen-bond acceptors (Lipinski definition) is 0. The first-order valence-corrected chi connectivity index (χ1v) is 8.07. The van der Waals surface area contributed by atoms with E-state index in [0.717, 1.165) is 6.42 Å². The molecule has 0 aliphatic heterocycles. The van der Waals surface area contributed by atoms with Crippen molar-refractivity contribution in [3.05, 3.63) is 28.7 Å². The molecule has 0 aromatic rings. The average molecular weight is 497 g/mol. The van der Waals surface area contributed by atoms with E-state index in [9.17, 15) is 39.5 Å². The highest BCUT2D eigenvalue weighted by molar-refractivity contribution is 6.67. The van der Waals surface area contributed by atoms with E-state index in [1.54, 1.807) is 0 Å². The van der Waals surface area contributed by atoms with Gasteiger partial charge < -0.3 is 0 Å². The summed E-state index contributed by atoms with van der Waals surface area (Å²) in [6.45, 7) is 0. The van der Waals surface area contributed by atoms with Crippen molar-refractivity contribution in [2.24, 2.45) is 0 Å². The van der Waals surface area contributed by atoms with Gasteiger partial charge in [-0.15, -0.1) is 11.6 Å². The summed E-state index contributed by atoms with van der Waals surface area (Å²) in [5, 5.41) is -2.59. The van der Waals surface area contributed by atoms with Gasteiger partial charge in [-0.05, 0) is 5.57 Å². The Labute approximate surface area is 165 Å². The molecule has 14 heteroatoms. The number of rotatable bonds is 3. The molecule has 0 spiro atoms. The van der Waals surface area contributed by atoms with Gasteiger partial charge in [-0.3, -0.25) is 0 Å². The van der Waals surface area contributed by atoms with Crippen LogP contribution in [0.4, 0.5) is 39.5 Å². The van der Waals surface area contributed by atoms with Crippen molar-refractivity contribution in [3.8, 4) is 0 Å². The van der Waals surface area contributed by atoms with Crippen LogP contribution in [0.2, 0.25) is 0 Å². The topological polar surface area (TPSA) is 0 Å². The van der Waals surface area contributed by atoms with Crippen molar-refractivity contribution in [1.29, 1.82) is 0 Å². The highest BCUT2D eigenvalue weighted by atomic mass is 35.6. The zero-order valence-corrected chi connectivity index (χ0v) is 15.5. The Balaban J connectivity index is 3.79. The second-order valence-corrected chi connectivity index (χ2v) is 8.47. The van der Waals surface area contributed by atoms with E-state index in [1.807, 2.05) is 0 Å². The number of halogens is 14. The summed E-state index contributed by atoms with van der Waals surface area (Å²) >= 11 is 27.1. The molecule has 1 rings (SSSR count). The summed E-state index contributed by atoms with van der Waals surface area (Å²) in [5.74, 6) is -6.89. The van der Waals surface area contributed by atoms with Crippen molar-refractivity contribution in [3.63, 3.8) is 0 Å². The van der Waals surface area contributed by atoms with E-state index >= 15 is 0 Å². The van der Waals surface area contributed by atoms with Crippen LogP contribution >= 0.6 is 58.0 Å². The summed E-state index contributed by atoms with van der Waals surface area (Å²) in [5.41, 5.74) is -9.61. The predicted octanol–water partition coefficient (Wildman–Crippen LogP) is 7.46. The minimum atomic E-state index is -6.90. The molecule has 0 nitrogen and oxygen atoms in total. The van der Waals surface area contributed by atoms with Crippen molar-refractivity contribution >= 4 is 58.0 Å². The Hall–Kier alpha value is 0.300. The lowest BCUT2D eigenvalue weighted by atomic mass is 9.79. The molecule has 1 aliphatic carbocycles. The number of alkyl halides is 13. The van der Waals surface area contributed by atoms with E-state index < -0.39 is 55.7 Å². The quantitative estimate of drug-likeness (QED) is 0.281. The molecule has 0 aromatic heterocycles. The lowest BCUT2D eigenvalue weighted by Gasteiger charge is -2.40. The van der Waals surface area contributed by atoms with Crippen LogP contribution in [0.1, 0.15) is 6.42 Å². The van der Waals surface area contributed by atoms with Gasteiger partial charge in [-0.2, -0.15) is 35.1 Å². The fourth-order valence-corrected chi connectivity index (χ4v) is 3.10. The van der Waals surface area contributed by atoms with Crippen LogP contribution in [-0.4, -0.2) is 33.1 Å². The molecule has 0 N–H and O–H groups in total. The molecule has 1 aliphatic rings. The van der Waals surface area contributed by atoms with Gasteiger partial charge in [0.25, 0.3) is 0 Å². The van der Waals surface area contributed by atoms with Crippen LogP contribution in [0.15, 0.2) is 22.3 Å². The second-order valence-electron chi connectivity index (χ2n) is 5.04. The minimum Gasteiger partial charge on any atom is -0.221 e. The van der Waals surface area contributed by atoms with E-state index in [1.165, 1.54) is 0 Å². The van der Waals surface area contributed by atoms with Crippen molar-refractivity contribution in [2.75, 3.05) is 0 Å². The van der Waals surface area contributed by atoms with Crippen molar-refractivity contribution < 1.29 is 39.5 Å². The van der Waals surface area contributed by atoms with Gasteiger partial charge in [0.15, 0.2) is 3.79 Å². The Morgan fingerprint density at radius 1 is 0.846 bits per heavy atom. The summed E-state index contributed by atoms with van der Waals surface area (Å²) < 4.78 is 117. The number of hydrogen-bond donors (Lipinski definition) is 0. The summed E-state index contributed by atoms with van der Waals surface area (Å²) in [6.07, 6.45) is -14.1. The zero-order valence-electron chi connectivity index (χ0n) is 11.7. The van der Waals surface area contributed by atoms with Gasteiger partial charge in [0.05, 0.1) is 5.38 Å². The maximum Gasteiger partial charge on any atom is 0.457 e. The van der Waals surface area contributed by atoms with Crippen LogP contribution < -0.4 is 0 Å². The van der Waals surface area contributed by atoms with Gasteiger partial charge in [0.2, 0.25) is 0 Å². The SMILES string of the molecule is FC(F)(F)C(F)(F)C(F)(C1=CC(Cl)[CH]C(Cl)=C1CC(Cl)(Cl)Cl)C(F)(F)F. The molecule has 151 valence electrons. The summed E-state index contributed by atoms with van der Waals surface area (Å²) in [6, 6.07) is 0. The average Bonchev–Trinajstić information content (AvgIpc) is 2.36. The van der Waals surface area contributed by atoms with E-state index in [2.05, 4.69) is 0 Å². The molecule has 0 aromatic carbocycles. The zero-order chi connectivity index (χ0) is 20.9. The number of allylic oxidation sites excluding steroid dienone is 4. The predicted molar refractivity (Wildman–Crippen MR) is 80.7 cm³/mol. The van der Waals surface area contributed by atoms with Crippen LogP contribution in [0.3, 0.4) is 0 Å². The van der Waals surface area contributed by atoms with Crippen LogP contribution in [0, 0.1) is 6.42 Å². The molecular weight excluding hydrogens is 492 g/mol. The Bertz CT molecular complexity index is 614. The first-order chi connectivity index (χ1) is 11.3. The molecule has 0 saturated carbocycles. The normalized spacial score (nSPS) is 23.0. The molecule has 0 bridgehead atoms. The third kappa shape index (κ3) is 4.47. The third-order valence-electron chi connectivity index (χ3n) is 3.17. The highest BCUT2D eigenvalue weighted by Crippen LogP contribution is 2.59. The first kappa shape index (κ1) is 24.3. The lowest BCUT2D eigenvalue weighted by molar-refractivity contribution is -0.372. The van der Waals surface area contributed by atoms with E-state index in [4.69, 9.17) is 58.0 Å². The van der Waals surface area contributed by atoms with Crippen molar-refractivity contribution in [1.82, 2.24) is 0 Å². The van der Waals surface area contributed by atoms with Crippen molar-refractivity contribution in [2.45, 2.75) is 39.5 Å². The molecule has 1 radical (unpaired) electrons. The Morgan fingerprint density at radius 2 is 1.31 bits per heavy atom. The van der Waals surface area contributed by atoms with E-state index in [-0.39, 0.29) is 6.08 Å². The van der Waals surface area contributed by atoms with Crippen LogP contribution in [0.5, 0.6) is 0 Å². The fraction of sp³-hybridized carbons (Fsp3) is 0.583. The minimum absolute atomic E-state index is 0.00627. The Morgan fingerprint density at radius 3 is 1.65 bits per heavy atom. The van der Waals surface area contributed by atoms with Crippen LogP contribution in [0.25, 0.3) is 0 Å². The first-order valence-electron chi connectivity index (χ1n) is 6.13. The molecule has 2 atom stereocenters. The highest BCUT2D eigenvalue weighted by Gasteiger charge is 2.82. The van der Waals surface area contributed by atoms with Crippen LogP contribution in [-0.2, 0) is 0 Å². The summed E-state index contributed by atoms with van der Waals surface area (Å²) in [7, 11) is 0. The lowest BCUT2D eigenvalue weighted by Crippen LogP contribution is -2.63. The largest absolute Gasteiger partial charge is 0.457 e. The fourth-order valence-electron chi connectivity index (χ4n) is 2.07. The third-order valence-corrected chi connectivity index (χ3v) is 4.18. The standard InChI is InChI=1S/C12H5Cl5F9/c13-4-1-6(5(7(14)2-4)3-8(15,16)17)9(18,11(21,22)23)10(19,20)12(24,25)26/h1-2,4H,3H2. The monoisotopic (exact) mass is 495 g/mol. The molecule has 0 fully saturated rings. The maximum absolute atomic E-state index is 14.7. The van der Waals surface area contributed by atoms with Gasteiger partial charge in [0, 0.05) is 23.4 Å². The molecule has 2 unspecified atom stereocenters. The smallest absolute Gasteiger partial charge is 0.221 e. The van der Waals surface area contributed by atoms with Gasteiger partial charge in [-0.25, -0.2) is 4.39 Å². The van der Waals surface area contributed by atoms with E-state index in [0.29, 0.717) is 0 Å². The molecule has 26 heavy (non-hydrogen) atoms. The molecule has 0 amide bonds. The van der Waals surface area contributed by atoms with Gasteiger partial charge in [0.1, 0.15) is 0 Å². The Kier molecular flexibility index (Phi) is 6.81. The molecule has 0 saturated heterocycles. The summed E-state index contributed by atoms with van der Waals surface area (Å²) in [4.78, 5) is 0.